The molecule has 0 spiro atoms. The van der Waals surface area contributed by atoms with Crippen molar-refractivity contribution in [3.05, 3.63) is 0 Å². The Morgan fingerprint density at radius 3 is 1.30 bits per heavy atom. The number of ether oxygens (including phenoxy) is 6. The maximum Gasteiger partial charge on any atom is 0.338 e. The number of esters is 2. The van der Waals surface area contributed by atoms with Gasteiger partial charge in [0.15, 0.2) is 12.2 Å². The van der Waals surface area contributed by atoms with Crippen LogP contribution in [-0.4, -0.2) is 64.2 Å². The minimum absolute atomic E-state index is 0.776. The normalized spacial score (nSPS) is 37.3. The third-order valence-corrected chi connectivity index (χ3v) is 3.45. The Morgan fingerprint density at radius 1 is 0.800 bits per heavy atom. The molecule has 1 fully saturated rings. The second-order valence-corrected chi connectivity index (χ2v) is 4.42. The summed E-state index contributed by atoms with van der Waals surface area (Å²) in [5, 5.41) is 0. The zero-order valence-electron chi connectivity index (χ0n) is 12.4. The predicted molar refractivity (Wildman–Crippen MR) is 64.6 cm³/mol. The van der Waals surface area contributed by atoms with Crippen molar-refractivity contribution in [2.45, 2.75) is 37.6 Å². The molecule has 116 valence electrons. The van der Waals surface area contributed by atoms with Crippen LogP contribution in [0, 0.1) is 0 Å². The van der Waals surface area contributed by atoms with Crippen molar-refractivity contribution < 1.29 is 38.0 Å². The second-order valence-electron chi connectivity index (χ2n) is 4.42. The molecule has 0 aromatic rings. The van der Waals surface area contributed by atoms with E-state index in [2.05, 4.69) is 9.47 Å². The van der Waals surface area contributed by atoms with Crippen LogP contribution < -0.4 is 0 Å². The maximum atomic E-state index is 11.8. The molecule has 0 amide bonds. The highest BCUT2D eigenvalue weighted by Gasteiger charge is 2.60. The minimum Gasteiger partial charge on any atom is -0.467 e. The zero-order chi connectivity index (χ0) is 15.6. The lowest BCUT2D eigenvalue weighted by atomic mass is 10.0. The Labute approximate surface area is 117 Å². The number of rotatable bonds is 4. The summed E-state index contributed by atoms with van der Waals surface area (Å²) in [4.78, 5) is 23.5. The lowest BCUT2D eigenvalue weighted by molar-refractivity contribution is -0.439. The van der Waals surface area contributed by atoms with Crippen LogP contribution in [-0.2, 0) is 38.0 Å². The van der Waals surface area contributed by atoms with Gasteiger partial charge in [0.1, 0.15) is 0 Å². The van der Waals surface area contributed by atoms with E-state index >= 15 is 0 Å². The smallest absolute Gasteiger partial charge is 0.338 e. The third-order valence-electron chi connectivity index (χ3n) is 3.45. The van der Waals surface area contributed by atoms with Gasteiger partial charge in [-0.1, -0.05) is 0 Å². The molecule has 1 heterocycles. The summed E-state index contributed by atoms with van der Waals surface area (Å²) in [7, 11) is 5.09. The van der Waals surface area contributed by atoms with Gasteiger partial charge >= 0.3 is 11.9 Å². The first-order chi connectivity index (χ1) is 9.28. The molecule has 0 radical (unpaired) electrons. The molecule has 0 N–H and O–H groups in total. The van der Waals surface area contributed by atoms with Gasteiger partial charge in [0.05, 0.1) is 14.2 Å². The lowest BCUT2D eigenvalue weighted by Crippen LogP contribution is -2.68. The van der Waals surface area contributed by atoms with Crippen LogP contribution in [0.5, 0.6) is 0 Å². The van der Waals surface area contributed by atoms with E-state index in [1.807, 2.05) is 0 Å². The van der Waals surface area contributed by atoms with Crippen LogP contribution in [0.2, 0.25) is 0 Å². The molecule has 0 unspecified atom stereocenters. The average Bonchev–Trinajstić information content (AvgIpc) is 2.47. The SMILES string of the molecule is COC(=O)[C@@H]1O[C@](C)(OC)[C@@](C)(OC)O[C@H]1C(=O)OC. The molecule has 8 heteroatoms. The summed E-state index contributed by atoms with van der Waals surface area (Å²) in [5.74, 6) is -4.38. The van der Waals surface area contributed by atoms with Crippen LogP contribution in [0.4, 0.5) is 0 Å². The average molecular weight is 292 g/mol. The first kappa shape index (κ1) is 16.8. The Morgan fingerprint density at radius 2 is 1.10 bits per heavy atom. The van der Waals surface area contributed by atoms with Crippen LogP contribution in [0.25, 0.3) is 0 Å². The summed E-state index contributed by atoms with van der Waals surface area (Å²) in [6.07, 6.45) is -2.64. The predicted octanol–water partition coefficient (Wildman–Crippen LogP) is -0.158. The number of hydrogen-bond acceptors (Lipinski definition) is 8. The fourth-order valence-corrected chi connectivity index (χ4v) is 1.86. The van der Waals surface area contributed by atoms with E-state index in [4.69, 9.17) is 18.9 Å². The largest absolute Gasteiger partial charge is 0.467 e. The molecule has 0 saturated carbocycles. The van der Waals surface area contributed by atoms with Crippen LogP contribution in [0.15, 0.2) is 0 Å². The first-order valence-electron chi connectivity index (χ1n) is 5.90. The van der Waals surface area contributed by atoms with E-state index in [0.29, 0.717) is 0 Å². The third kappa shape index (κ3) is 2.64. The molecular weight excluding hydrogens is 272 g/mol. The molecule has 1 saturated heterocycles. The van der Waals surface area contributed by atoms with Crippen molar-refractivity contribution in [2.24, 2.45) is 0 Å². The highest BCUT2D eigenvalue weighted by atomic mass is 16.8. The maximum absolute atomic E-state index is 11.8. The van der Waals surface area contributed by atoms with Crippen molar-refractivity contribution in [1.29, 1.82) is 0 Å². The van der Waals surface area contributed by atoms with Gasteiger partial charge < -0.3 is 28.4 Å². The minimum atomic E-state index is -1.41. The molecular formula is C12H20O8. The molecule has 8 nitrogen and oxygen atoms in total. The monoisotopic (exact) mass is 292 g/mol. The van der Waals surface area contributed by atoms with Gasteiger partial charge in [-0.25, -0.2) is 9.59 Å². The molecule has 1 aliphatic rings. The molecule has 1 rings (SSSR count). The fraction of sp³-hybridized carbons (Fsp3) is 0.833. The number of carbonyl (C=O) groups is 2. The van der Waals surface area contributed by atoms with Gasteiger partial charge in [0.2, 0.25) is 11.6 Å². The summed E-state index contributed by atoms with van der Waals surface area (Å²) in [5.41, 5.74) is 0. The Hall–Kier alpha value is -1.22. The molecule has 20 heavy (non-hydrogen) atoms. The summed E-state index contributed by atoms with van der Waals surface area (Å²) in [6.45, 7) is 3.06. The van der Waals surface area contributed by atoms with Gasteiger partial charge in [-0.3, -0.25) is 0 Å². The fourth-order valence-electron chi connectivity index (χ4n) is 1.86. The van der Waals surface area contributed by atoms with Gasteiger partial charge in [-0.15, -0.1) is 0 Å². The highest BCUT2D eigenvalue weighted by Crippen LogP contribution is 2.39. The van der Waals surface area contributed by atoms with Crippen LogP contribution in [0.1, 0.15) is 13.8 Å². The van der Waals surface area contributed by atoms with E-state index in [1.54, 1.807) is 0 Å². The topological polar surface area (TPSA) is 89.5 Å². The van der Waals surface area contributed by atoms with Crippen molar-refractivity contribution in [2.75, 3.05) is 28.4 Å². The lowest BCUT2D eigenvalue weighted by Gasteiger charge is -2.50. The number of methoxy groups -OCH3 is 4. The molecule has 0 bridgehead atoms. The zero-order valence-corrected chi connectivity index (χ0v) is 12.4. The van der Waals surface area contributed by atoms with E-state index < -0.39 is 35.7 Å². The molecule has 1 aliphatic heterocycles. The Balaban J connectivity index is 3.18. The van der Waals surface area contributed by atoms with Crippen LogP contribution in [0.3, 0.4) is 0 Å². The highest BCUT2D eigenvalue weighted by molar-refractivity contribution is 5.85. The van der Waals surface area contributed by atoms with Gasteiger partial charge in [-0.2, -0.15) is 0 Å². The van der Waals surface area contributed by atoms with E-state index in [1.165, 1.54) is 42.3 Å². The number of carbonyl (C=O) groups excluding carboxylic acids is 2. The van der Waals surface area contributed by atoms with E-state index in [9.17, 15) is 9.59 Å². The van der Waals surface area contributed by atoms with Crippen molar-refractivity contribution in [3.63, 3.8) is 0 Å². The van der Waals surface area contributed by atoms with E-state index in [-0.39, 0.29) is 0 Å². The van der Waals surface area contributed by atoms with E-state index in [0.717, 1.165) is 0 Å². The standard InChI is InChI=1S/C12H20O8/c1-11(17-5)12(2,18-6)20-8(10(14)16-4)7(19-11)9(13)15-3/h7-8H,1-6H3/t7-,8-,11+,12+/m1/s1. The molecule has 4 atom stereocenters. The van der Waals surface area contributed by atoms with Crippen molar-refractivity contribution >= 4 is 11.9 Å². The first-order valence-corrected chi connectivity index (χ1v) is 5.90. The van der Waals surface area contributed by atoms with Gasteiger partial charge in [0, 0.05) is 14.2 Å². The summed E-state index contributed by atoms with van der Waals surface area (Å²) in [6, 6.07) is 0. The van der Waals surface area contributed by atoms with Crippen molar-refractivity contribution in [1.82, 2.24) is 0 Å². The molecule has 0 aliphatic carbocycles. The summed E-state index contributed by atoms with van der Waals surface area (Å²) < 4.78 is 30.8. The molecule has 0 aromatic heterocycles. The summed E-state index contributed by atoms with van der Waals surface area (Å²) >= 11 is 0. The van der Waals surface area contributed by atoms with Gasteiger partial charge in [-0.05, 0) is 13.8 Å². The molecule has 0 aromatic carbocycles. The van der Waals surface area contributed by atoms with Crippen molar-refractivity contribution in [3.8, 4) is 0 Å². The quantitative estimate of drug-likeness (QED) is 0.660. The Bertz CT molecular complexity index is 348. The van der Waals surface area contributed by atoms with Crippen LogP contribution >= 0.6 is 0 Å². The Kier molecular flexibility index (Phi) is 5.09. The second kappa shape index (κ2) is 6.04. The number of hydrogen-bond donors (Lipinski definition) is 0. The van der Waals surface area contributed by atoms with Gasteiger partial charge in [0.25, 0.3) is 0 Å².